The first-order valence-electron chi connectivity index (χ1n) is 7.40. The van der Waals surface area contributed by atoms with E-state index in [2.05, 4.69) is 10.2 Å². The molecule has 1 aromatic carbocycles. The zero-order valence-corrected chi connectivity index (χ0v) is 13.4. The quantitative estimate of drug-likeness (QED) is 0.723. The molecule has 3 aromatic rings. The minimum atomic E-state index is -0.358. The number of aromatic nitrogens is 2. The van der Waals surface area contributed by atoms with E-state index in [1.807, 2.05) is 30.3 Å². The lowest BCUT2D eigenvalue weighted by Gasteiger charge is -2.30. The van der Waals surface area contributed by atoms with Crippen molar-refractivity contribution >= 4 is 27.3 Å². The van der Waals surface area contributed by atoms with Crippen molar-refractivity contribution in [3.63, 3.8) is 0 Å². The van der Waals surface area contributed by atoms with Gasteiger partial charge in [0.05, 0.1) is 18.0 Å². The van der Waals surface area contributed by atoms with Crippen LogP contribution in [0.25, 0.3) is 10.1 Å². The van der Waals surface area contributed by atoms with Crippen molar-refractivity contribution in [3.8, 4) is 0 Å². The molecule has 118 valence electrons. The number of fused-ring (bicyclic) bond motifs is 1. The van der Waals surface area contributed by atoms with Crippen molar-refractivity contribution in [2.45, 2.75) is 13.0 Å². The number of carbonyl (C=O) groups is 1. The molecule has 23 heavy (non-hydrogen) atoms. The first kappa shape index (κ1) is 14.3. The van der Waals surface area contributed by atoms with Gasteiger partial charge >= 0.3 is 0 Å². The molecular formula is C16H15N3O3S. The number of hydrogen-bond donors (Lipinski definition) is 0. The third kappa shape index (κ3) is 2.73. The molecule has 4 rings (SSSR count). The highest BCUT2D eigenvalue weighted by Gasteiger charge is 2.30. The van der Waals surface area contributed by atoms with Gasteiger partial charge in [0, 0.05) is 18.2 Å². The second kappa shape index (κ2) is 5.75. The SMILES string of the molecule is Cc1nnc([C@H]2CN(C(=O)c3cc4ccccc4s3)CCO2)o1. The van der Waals surface area contributed by atoms with Crippen molar-refractivity contribution in [2.75, 3.05) is 19.7 Å². The van der Waals surface area contributed by atoms with Gasteiger partial charge in [0.25, 0.3) is 5.91 Å². The maximum Gasteiger partial charge on any atom is 0.264 e. The Balaban J connectivity index is 1.55. The Hall–Kier alpha value is -2.25. The lowest BCUT2D eigenvalue weighted by Crippen LogP contribution is -2.42. The van der Waals surface area contributed by atoms with Gasteiger partial charge in [-0.15, -0.1) is 21.5 Å². The molecular weight excluding hydrogens is 314 g/mol. The summed E-state index contributed by atoms with van der Waals surface area (Å²) in [6, 6.07) is 9.96. The zero-order valence-electron chi connectivity index (χ0n) is 12.6. The molecule has 1 aliphatic rings. The van der Waals surface area contributed by atoms with Crippen LogP contribution in [0, 0.1) is 6.92 Å². The maximum absolute atomic E-state index is 12.8. The van der Waals surface area contributed by atoms with Crippen LogP contribution in [-0.2, 0) is 4.74 Å². The van der Waals surface area contributed by atoms with Crippen LogP contribution in [0.2, 0.25) is 0 Å². The zero-order chi connectivity index (χ0) is 15.8. The third-order valence-electron chi connectivity index (χ3n) is 3.81. The van der Waals surface area contributed by atoms with E-state index < -0.39 is 0 Å². The lowest BCUT2D eigenvalue weighted by atomic mass is 10.2. The molecule has 3 heterocycles. The third-order valence-corrected chi connectivity index (χ3v) is 4.91. The van der Waals surface area contributed by atoms with Crippen molar-refractivity contribution in [1.29, 1.82) is 0 Å². The van der Waals surface area contributed by atoms with Crippen LogP contribution in [0.3, 0.4) is 0 Å². The molecule has 0 radical (unpaired) electrons. The average molecular weight is 329 g/mol. The number of rotatable bonds is 2. The summed E-state index contributed by atoms with van der Waals surface area (Å²) < 4.78 is 12.2. The molecule has 2 aromatic heterocycles. The highest BCUT2D eigenvalue weighted by atomic mass is 32.1. The van der Waals surface area contributed by atoms with Gasteiger partial charge in [-0.25, -0.2) is 0 Å². The summed E-state index contributed by atoms with van der Waals surface area (Å²) in [7, 11) is 0. The first-order valence-corrected chi connectivity index (χ1v) is 8.22. The molecule has 0 N–H and O–H groups in total. The topological polar surface area (TPSA) is 68.5 Å². The van der Waals surface area contributed by atoms with E-state index in [1.54, 1.807) is 11.8 Å². The molecule has 1 aliphatic heterocycles. The molecule has 1 fully saturated rings. The van der Waals surface area contributed by atoms with Crippen molar-refractivity contribution in [1.82, 2.24) is 15.1 Å². The summed E-state index contributed by atoms with van der Waals surface area (Å²) in [5.41, 5.74) is 0. The van der Waals surface area contributed by atoms with E-state index in [1.165, 1.54) is 11.3 Å². The van der Waals surface area contributed by atoms with E-state index in [0.717, 1.165) is 15.0 Å². The fraction of sp³-hybridized carbons (Fsp3) is 0.312. The van der Waals surface area contributed by atoms with Gasteiger partial charge in [0.2, 0.25) is 11.8 Å². The van der Waals surface area contributed by atoms with Crippen LogP contribution < -0.4 is 0 Å². The number of benzene rings is 1. The van der Waals surface area contributed by atoms with Gasteiger partial charge in [-0.3, -0.25) is 4.79 Å². The Bertz CT molecular complexity index is 824. The molecule has 7 heteroatoms. The summed E-state index contributed by atoms with van der Waals surface area (Å²) in [6.07, 6.45) is -0.358. The summed E-state index contributed by atoms with van der Waals surface area (Å²) in [4.78, 5) is 15.3. The van der Waals surface area contributed by atoms with E-state index in [9.17, 15) is 4.79 Å². The van der Waals surface area contributed by atoms with Gasteiger partial charge in [-0.2, -0.15) is 0 Å². The van der Waals surface area contributed by atoms with E-state index in [-0.39, 0.29) is 12.0 Å². The molecule has 0 spiro atoms. The Morgan fingerprint density at radius 1 is 1.35 bits per heavy atom. The molecule has 1 amide bonds. The molecule has 1 atom stereocenters. The van der Waals surface area contributed by atoms with Crippen LogP contribution in [-0.4, -0.2) is 40.7 Å². The number of ether oxygens (including phenoxy) is 1. The largest absolute Gasteiger partial charge is 0.423 e. The van der Waals surface area contributed by atoms with Crippen LogP contribution in [0.1, 0.15) is 27.6 Å². The Labute approximate surface area is 136 Å². The summed E-state index contributed by atoms with van der Waals surface area (Å²) >= 11 is 1.52. The van der Waals surface area contributed by atoms with Crippen LogP contribution in [0.15, 0.2) is 34.7 Å². The van der Waals surface area contributed by atoms with Gasteiger partial charge in [0.15, 0.2) is 6.10 Å². The Morgan fingerprint density at radius 2 is 2.22 bits per heavy atom. The number of carbonyl (C=O) groups excluding carboxylic acids is 1. The average Bonchev–Trinajstić information content (AvgIpc) is 3.20. The lowest BCUT2D eigenvalue weighted by molar-refractivity contribution is -0.0347. The van der Waals surface area contributed by atoms with Crippen LogP contribution >= 0.6 is 11.3 Å². The fourth-order valence-corrected chi connectivity index (χ4v) is 3.70. The van der Waals surface area contributed by atoms with Gasteiger partial charge in [-0.05, 0) is 17.5 Å². The molecule has 0 unspecified atom stereocenters. The minimum absolute atomic E-state index is 0.0238. The number of thiophene rings is 1. The molecule has 1 saturated heterocycles. The molecule has 0 bridgehead atoms. The Morgan fingerprint density at radius 3 is 3.00 bits per heavy atom. The second-order valence-electron chi connectivity index (χ2n) is 5.42. The first-order chi connectivity index (χ1) is 11.2. The summed E-state index contributed by atoms with van der Waals surface area (Å²) in [5, 5.41) is 8.91. The van der Waals surface area contributed by atoms with Crippen molar-refractivity contribution in [3.05, 3.63) is 47.0 Å². The normalized spacial score (nSPS) is 18.5. The molecule has 6 nitrogen and oxygen atoms in total. The molecule has 0 aliphatic carbocycles. The number of aryl methyl sites for hydroxylation is 1. The van der Waals surface area contributed by atoms with Crippen LogP contribution in [0.5, 0.6) is 0 Å². The summed E-state index contributed by atoms with van der Waals surface area (Å²) in [6.45, 7) is 3.19. The van der Waals surface area contributed by atoms with Crippen molar-refractivity contribution in [2.24, 2.45) is 0 Å². The minimum Gasteiger partial charge on any atom is -0.423 e. The van der Waals surface area contributed by atoms with Crippen LogP contribution in [0.4, 0.5) is 0 Å². The number of nitrogens with zero attached hydrogens (tertiary/aromatic N) is 3. The van der Waals surface area contributed by atoms with E-state index >= 15 is 0 Å². The van der Waals surface area contributed by atoms with Gasteiger partial charge < -0.3 is 14.1 Å². The summed E-state index contributed by atoms with van der Waals surface area (Å²) in [5.74, 6) is 0.948. The standard InChI is InChI=1S/C16H15N3O3S/c1-10-17-18-15(22-10)12-9-19(6-7-21-12)16(20)14-8-11-4-2-3-5-13(11)23-14/h2-5,8,12H,6-7,9H2,1H3/t12-/m1/s1. The smallest absolute Gasteiger partial charge is 0.264 e. The van der Waals surface area contributed by atoms with Gasteiger partial charge in [-0.1, -0.05) is 18.2 Å². The number of hydrogen-bond acceptors (Lipinski definition) is 6. The number of amides is 1. The monoisotopic (exact) mass is 329 g/mol. The second-order valence-corrected chi connectivity index (χ2v) is 6.50. The van der Waals surface area contributed by atoms with Crippen molar-refractivity contribution < 1.29 is 13.9 Å². The highest BCUT2D eigenvalue weighted by Crippen LogP contribution is 2.28. The Kier molecular flexibility index (Phi) is 3.59. The maximum atomic E-state index is 12.8. The van der Waals surface area contributed by atoms with E-state index in [0.29, 0.717) is 31.5 Å². The fourth-order valence-electron chi connectivity index (χ4n) is 2.67. The van der Waals surface area contributed by atoms with E-state index in [4.69, 9.17) is 9.15 Å². The number of morpholine rings is 1. The molecule has 0 saturated carbocycles. The predicted octanol–water partition coefficient (Wildman–Crippen LogP) is 2.81. The highest BCUT2D eigenvalue weighted by molar-refractivity contribution is 7.20. The van der Waals surface area contributed by atoms with Gasteiger partial charge in [0.1, 0.15) is 0 Å². The predicted molar refractivity (Wildman–Crippen MR) is 85.5 cm³/mol.